The van der Waals surface area contributed by atoms with Crippen LogP contribution in [0.1, 0.15) is 46.4 Å². The molecule has 1 N–H and O–H groups in total. The van der Waals surface area contributed by atoms with Crippen molar-refractivity contribution in [2.45, 2.75) is 25.7 Å². The van der Waals surface area contributed by atoms with Crippen LogP contribution in [0.4, 0.5) is 5.69 Å². The lowest BCUT2D eigenvalue weighted by Gasteiger charge is -2.13. The zero-order valence-corrected chi connectivity index (χ0v) is 15.2. The number of hydrogen-bond acceptors (Lipinski definition) is 4. The van der Waals surface area contributed by atoms with E-state index in [0.29, 0.717) is 48.4 Å². The van der Waals surface area contributed by atoms with E-state index in [-0.39, 0.29) is 17.7 Å². The Morgan fingerprint density at radius 2 is 1.56 bits per heavy atom. The van der Waals surface area contributed by atoms with Crippen molar-refractivity contribution in [3.8, 4) is 5.75 Å². The summed E-state index contributed by atoms with van der Waals surface area (Å²) >= 11 is 0. The third-order valence-corrected chi connectivity index (χ3v) is 4.54. The predicted molar refractivity (Wildman–Crippen MR) is 102 cm³/mol. The molecule has 2 aromatic rings. The number of hydrogen-bond donors (Lipinski definition) is 1. The number of carbonyl (C=O) groups excluding carboxylic acids is 3. The molecule has 6 heteroatoms. The number of anilines is 1. The number of methoxy groups -OCH3 is 1. The third-order valence-electron chi connectivity index (χ3n) is 4.54. The van der Waals surface area contributed by atoms with Crippen molar-refractivity contribution in [1.29, 1.82) is 0 Å². The summed E-state index contributed by atoms with van der Waals surface area (Å²) in [6.07, 6.45) is 2.49. The third kappa shape index (κ3) is 4.16. The van der Waals surface area contributed by atoms with E-state index >= 15 is 0 Å². The predicted octanol–water partition coefficient (Wildman–Crippen LogP) is 3.49. The highest BCUT2D eigenvalue weighted by Gasteiger charge is 2.34. The van der Waals surface area contributed by atoms with Crippen molar-refractivity contribution in [3.63, 3.8) is 0 Å². The zero-order chi connectivity index (χ0) is 19.2. The second kappa shape index (κ2) is 8.49. The van der Waals surface area contributed by atoms with Crippen molar-refractivity contribution in [2.24, 2.45) is 0 Å². The highest BCUT2D eigenvalue weighted by Crippen LogP contribution is 2.24. The van der Waals surface area contributed by atoms with Crippen LogP contribution in [0.5, 0.6) is 5.75 Å². The summed E-state index contributed by atoms with van der Waals surface area (Å²) in [6.45, 7) is 0.375. The molecule has 0 radical (unpaired) electrons. The number of imide groups is 1. The first-order chi connectivity index (χ1) is 13.1. The molecule has 6 nitrogen and oxygen atoms in total. The number of nitrogens with zero attached hydrogens (tertiary/aromatic N) is 1. The monoisotopic (exact) mass is 366 g/mol. The molecule has 0 unspecified atom stereocenters. The topological polar surface area (TPSA) is 75.7 Å². The van der Waals surface area contributed by atoms with Gasteiger partial charge in [-0.3, -0.25) is 19.3 Å². The zero-order valence-electron chi connectivity index (χ0n) is 15.2. The molecule has 0 saturated carbocycles. The van der Waals surface area contributed by atoms with E-state index in [2.05, 4.69) is 5.32 Å². The molecule has 1 aliphatic rings. The van der Waals surface area contributed by atoms with E-state index in [1.54, 1.807) is 43.5 Å². The van der Waals surface area contributed by atoms with Crippen molar-refractivity contribution in [3.05, 3.63) is 59.7 Å². The van der Waals surface area contributed by atoms with Crippen LogP contribution >= 0.6 is 0 Å². The first kappa shape index (κ1) is 18.6. The Labute approximate surface area is 158 Å². The van der Waals surface area contributed by atoms with E-state index in [1.807, 2.05) is 12.1 Å². The van der Waals surface area contributed by atoms with Crippen LogP contribution in [0.3, 0.4) is 0 Å². The van der Waals surface area contributed by atoms with Crippen LogP contribution in [0.15, 0.2) is 48.5 Å². The van der Waals surface area contributed by atoms with E-state index < -0.39 is 0 Å². The molecule has 2 aromatic carbocycles. The van der Waals surface area contributed by atoms with Crippen LogP contribution < -0.4 is 10.1 Å². The molecule has 3 rings (SSSR count). The SMILES string of the molecule is COc1ccccc1NC(=O)CCCCCN1C(=O)c2ccccc2C1=O. The van der Waals surface area contributed by atoms with Gasteiger partial charge in [0.2, 0.25) is 5.91 Å². The van der Waals surface area contributed by atoms with Gasteiger partial charge in [-0.15, -0.1) is 0 Å². The Hall–Kier alpha value is -3.15. The van der Waals surface area contributed by atoms with Gasteiger partial charge in [-0.2, -0.15) is 0 Å². The van der Waals surface area contributed by atoms with Gasteiger partial charge in [0, 0.05) is 13.0 Å². The Balaban J connectivity index is 1.40. The first-order valence-electron chi connectivity index (χ1n) is 9.00. The number of amides is 3. The molecule has 0 aliphatic carbocycles. The van der Waals surface area contributed by atoms with Crippen LogP contribution in [0.25, 0.3) is 0 Å². The van der Waals surface area contributed by atoms with Crippen LogP contribution in [0, 0.1) is 0 Å². The van der Waals surface area contributed by atoms with Crippen LogP contribution in [0.2, 0.25) is 0 Å². The van der Waals surface area contributed by atoms with E-state index in [0.717, 1.165) is 6.42 Å². The average Bonchev–Trinajstić information content (AvgIpc) is 2.93. The normalized spacial score (nSPS) is 12.9. The van der Waals surface area contributed by atoms with Crippen molar-refractivity contribution < 1.29 is 19.1 Å². The van der Waals surface area contributed by atoms with E-state index in [9.17, 15) is 14.4 Å². The molecule has 0 aromatic heterocycles. The van der Waals surface area contributed by atoms with Gasteiger partial charge in [0.05, 0.1) is 23.9 Å². The number of benzene rings is 2. The molecule has 27 heavy (non-hydrogen) atoms. The molecule has 3 amide bonds. The summed E-state index contributed by atoms with van der Waals surface area (Å²) in [6, 6.07) is 14.1. The lowest BCUT2D eigenvalue weighted by atomic mass is 10.1. The molecule has 0 bridgehead atoms. The number of ether oxygens (including phenoxy) is 1. The highest BCUT2D eigenvalue weighted by atomic mass is 16.5. The van der Waals surface area contributed by atoms with E-state index in [1.165, 1.54) is 4.90 Å². The van der Waals surface area contributed by atoms with Gasteiger partial charge in [-0.05, 0) is 37.1 Å². The Kier molecular flexibility index (Phi) is 5.86. The number of carbonyl (C=O) groups is 3. The number of para-hydroxylation sites is 2. The number of fused-ring (bicyclic) bond motifs is 1. The van der Waals surface area contributed by atoms with Gasteiger partial charge in [-0.25, -0.2) is 0 Å². The highest BCUT2D eigenvalue weighted by molar-refractivity contribution is 6.21. The van der Waals surface area contributed by atoms with Gasteiger partial charge in [0.25, 0.3) is 11.8 Å². The fourth-order valence-electron chi connectivity index (χ4n) is 3.14. The molecule has 0 fully saturated rings. The fraction of sp³-hybridized carbons (Fsp3) is 0.286. The van der Waals surface area contributed by atoms with Gasteiger partial charge in [0.15, 0.2) is 0 Å². The first-order valence-corrected chi connectivity index (χ1v) is 9.00. The van der Waals surface area contributed by atoms with Crippen molar-refractivity contribution in [1.82, 2.24) is 4.90 Å². The van der Waals surface area contributed by atoms with Crippen LogP contribution in [-0.2, 0) is 4.79 Å². The lowest BCUT2D eigenvalue weighted by molar-refractivity contribution is -0.116. The van der Waals surface area contributed by atoms with E-state index in [4.69, 9.17) is 4.74 Å². The number of nitrogens with one attached hydrogen (secondary N) is 1. The molecular weight excluding hydrogens is 344 g/mol. The van der Waals surface area contributed by atoms with Gasteiger partial charge in [0.1, 0.15) is 5.75 Å². The van der Waals surface area contributed by atoms with Crippen molar-refractivity contribution >= 4 is 23.4 Å². The summed E-state index contributed by atoms with van der Waals surface area (Å²) in [4.78, 5) is 37.9. The number of unbranched alkanes of at least 4 members (excludes halogenated alkanes) is 2. The molecule has 0 saturated heterocycles. The molecule has 1 heterocycles. The quantitative estimate of drug-likeness (QED) is 0.573. The summed E-state index contributed by atoms with van der Waals surface area (Å²) in [5.74, 6) is 0.0748. The second-order valence-corrected chi connectivity index (χ2v) is 6.37. The smallest absolute Gasteiger partial charge is 0.261 e. The minimum Gasteiger partial charge on any atom is -0.495 e. The fourth-order valence-corrected chi connectivity index (χ4v) is 3.14. The van der Waals surface area contributed by atoms with Crippen LogP contribution in [-0.4, -0.2) is 36.3 Å². The maximum Gasteiger partial charge on any atom is 0.261 e. The Bertz CT molecular complexity index is 828. The molecule has 0 atom stereocenters. The minimum atomic E-state index is -0.232. The maximum absolute atomic E-state index is 12.3. The lowest BCUT2D eigenvalue weighted by Crippen LogP contribution is -2.30. The second-order valence-electron chi connectivity index (χ2n) is 6.37. The summed E-state index contributed by atoms with van der Waals surface area (Å²) in [7, 11) is 1.56. The van der Waals surface area contributed by atoms with Gasteiger partial charge >= 0.3 is 0 Å². The van der Waals surface area contributed by atoms with Gasteiger partial charge < -0.3 is 10.1 Å². The largest absolute Gasteiger partial charge is 0.495 e. The minimum absolute atomic E-state index is 0.0831. The average molecular weight is 366 g/mol. The summed E-state index contributed by atoms with van der Waals surface area (Å²) in [5, 5.41) is 2.84. The molecule has 140 valence electrons. The van der Waals surface area contributed by atoms with Gasteiger partial charge in [-0.1, -0.05) is 30.7 Å². The molecule has 1 aliphatic heterocycles. The standard InChI is InChI=1S/C21H22N2O4/c1-27-18-12-7-6-11-17(18)22-19(24)13-3-2-8-14-23-20(25)15-9-4-5-10-16(15)21(23)26/h4-7,9-12H,2-3,8,13-14H2,1H3,(H,22,24). The summed E-state index contributed by atoms with van der Waals surface area (Å²) in [5.41, 5.74) is 1.59. The summed E-state index contributed by atoms with van der Waals surface area (Å²) < 4.78 is 5.21. The Morgan fingerprint density at radius 3 is 2.22 bits per heavy atom. The molecule has 0 spiro atoms. The van der Waals surface area contributed by atoms with Crippen molar-refractivity contribution in [2.75, 3.05) is 19.0 Å². The maximum atomic E-state index is 12.3. The molecular formula is C21H22N2O4. The number of rotatable bonds is 8. The Morgan fingerprint density at radius 1 is 0.926 bits per heavy atom.